The lowest BCUT2D eigenvalue weighted by Gasteiger charge is -2.09. The molecule has 1 amide bonds. The summed E-state index contributed by atoms with van der Waals surface area (Å²) in [5.74, 6) is 0.529. The predicted molar refractivity (Wildman–Crippen MR) is 82.4 cm³/mol. The van der Waals surface area contributed by atoms with Crippen molar-refractivity contribution in [1.29, 1.82) is 0 Å². The molecule has 0 saturated carbocycles. The molecular formula is C15H19N5O. The Bertz CT molecular complexity index is 576. The minimum atomic E-state index is -0.191. The third-order valence-corrected chi connectivity index (χ3v) is 2.82. The molecular weight excluding hydrogens is 266 g/mol. The van der Waals surface area contributed by atoms with Crippen molar-refractivity contribution in [3.8, 4) is 0 Å². The van der Waals surface area contributed by atoms with Gasteiger partial charge in [0.25, 0.3) is 5.91 Å². The van der Waals surface area contributed by atoms with E-state index >= 15 is 0 Å². The molecule has 2 rings (SSSR count). The van der Waals surface area contributed by atoms with E-state index in [0.29, 0.717) is 11.3 Å². The molecule has 2 N–H and O–H groups in total. The molecule has 0 atom stereocenters. The third-order valence-electron chi connectivity index (χ3n) is 2.82. The fourth-order valence-electron chi connectivity index (χ4n) is 1.94. The highest BCUT2D eigenvalue weighted by Crippen LogP contribution is 2.14. The minimum absolute atomic E-state index is 0.191. The van der Waals surface area contributed by atoms with Crippen LogP contribution in [0.1, 0.15) is 36.3 Å². The molecule has 21 heavy (non-hydrogen) atoms. The van der Waals surface area contributed by atoms with Gasteiger partial charge in [0.2, 0.25) is 0 Å². The average Bonchev–Trinajstić information content (AvgIpc) is 2.49. The molecule has 2 aromatic heterocycles. The highest BCUT2D eigenvalue weighted by Gasteiger charge is 2.10. The average molecular weight is 285 g/mol. The van der Waals surface area contributed by atoms with E-state index in [0.717, 1.165) is 30.9 Å². The van der Waals surface area contributed by atoms with Gasteiger partial charge in [-0.25, -0.2) is 15.0 Å². The van der Waals surface area contributed by atoms with Crippen molar-refractivity contribution in [2.75, 3.05) is 17.2 Å². The number of aromatic nitrogens is 3. The van der Waals surface area contributed by atoms with Gasteiger partial charge in [0.05, 0.1) is 18.1 Å². The molecule has 0 aliphatic carbocycles. The Morgan fingerprint density at radius 2 is 1.95 bits per heavy atom. The van der Waals surface area contributed by atoms with Gasteiger partial charge in [-0.3, -0.25) is 4.79 Å². The van der Waals surface area contributed by atoms with Crippen LogP contribution in [-0.2, 0) is 6.42 Å². The van der Waals surface area contributed by atoms with Gasteiger partial charge < -0.3 is 10.6 Å². The first-order valence-electron chi connectivity index (χ1n) is 7.04. The zero-order valence-corrected chi connectivity index (χ0v) is 12.3. The number of aryl methyl sites for hydroxylation is 1. The summed E-state index contributed by atoms with van der Waals surface area (Å²) in [4.78, 5) is 24.5. The van der Waals surface area contributed by atoms with E-state index in [-0.39, 0.29) is 5.91 Å². The number of nitrogens with one attached hydrogen (secondary N) is 2. The lowest BCUT2D eigenvalue weighted by molar-refractivity contribution is 0.102. The fraction of sp³-hybridized carbons (Fsp3) is 0.333. The van der Waals surface area contributed by atoms with E-state index in [1.807, 2.05) is 13.0 Å². The Hall–Kier alpha value is -2.50. The molecule has 110 valence electrons. The van der Waals surface area contributed by atoms with Gasteiger partial charge in [0.1, 0.15) is 12.1 Å². The molecule has 0 saturated heterocycles. The smallest absolute Gasteiger partial charge is 0.255 e. The van der Waals surface area contributed by atoms with Crippen LogP contribution in [0.4, 0.5) is 11.5 Å². The van der Waals surface area contributed by atoms with Crippen molar-refractivity contribution in [3.05, 3.63) is 42.1 Å². The van der Waals surface area contributed by atoms with E-state index in [1.54, 1.807) is 18.5 Å². The molecule has 2 heterocycles. The number of carbonyl (C=O) groups excluding carboxylic acids is 1. The first kappa shape index (κ1) is 14.9. The maximum atomic E-state index is 12.3. The fourth-order valence-corrected chi connectivity index (χ4v) is 1.94. The van der Waals surface area contributed by atoms with Crippen LogP contribution in [0.5, 0.6) is 0 Å². The van der Waals surface area contributed by atoms with Crippen LogP contribution >= 0.6 is 0 Å². The number of carbonyl (C=O) groups is 1. The summed E-state index contributed by atoms with van der Waals surface area (Å²) in [6, 6.07) is 3.57. The zero-order valence-electron chi connectivity index (χ0n) is 12.3. The van der Waals surface area contributed by atoms with E-state index in [2.05, 4.69) is 32.5 Å². The van der Waals surface area contributed by atoms with Crippen molar-refractivity contribution < 1.29 is 4.79 Å². The number of anilines is 2. The number of nitrogens with zero attached hydrogens (tertiary/aromatic N) is 3. The van der Waals surface area contributed by atoms with Gasteiger partial charge in [0, 0.05) is 17.8 Å². The van der Waals surface area contributed by atoms with Gasteiger partial charge in [-0.05, 0) is 25.5 Å². The molecule has 0 bridgehead atoms. The number of pyridine rings is 1. The summed E-state index contributed by atoms with van der Waals surface area (Å²) in [5, 5.41) is 5.93. The van der Waals surface area contributed by atoms with Gasteiger partial charge in [-0.2, -0.15) is 0 Å². The van der Waals surface area contributed by atoms with E-state index < -0.39 is 0 Å². The lowest BCUT2D eigenvalue weighted by atomic mass is 10.1. The largest absolute Gasteiger partial charge is 0.370 e. The maximum absolute atomic E-state index is 12.3. The van der Waals surface area contributed by atoms with Gasteiger partial charge in [-0.1, -0.05) is 13.3 Å². The molecule has 2 aromatic rings. The Morgan fingerprint density at radius 1 is 1.19 bits per heavy atom. The molecule has 0 aliphatic heterocycles. The van der Waals surface area contributed by atoms with Gasteiger partial charge in [-0.15, -0.1) is 0 Å². The number of rotatable bonds is 6. The maximum Gasteiger partial charge on any atom is 0.255 e. The summed E-state index contributed by atoms with van der Waals surface area (Å²) >= 11 is 0. The second kappa shape index (κ2) is 7.33. The number of hydrogen-bond donors (Lipinski definition) is 2. The second-order valence-corrected chi connectivity index (χ2v) is 4.59. The Balaban J connectivity index is 2.22. The summed E-state index contributed by atoms with van der Waals surface area (Å²) in [6.45, 7) is 4.84. The van der Waals surface area contributed by atoms with Crippen LogP contribution in [0.15, 0.2) is 30.9 Å². The molecule has 0 unspecified atom stereocenters. The summed E-state index contributed by atoms with van der Waals surface area (Å²) in [6.07, 6.45) is 6.36. The van der Waals surface area contributed by atoms with Gasteiger partial charge >= 0.3 is 0 Å². The summed E-state index contributed by atoms with van der Waals surface area (Å²) in [5.41, 5.74) is 2.06. The first-order chi connectivity index (χ1) is 10.2. The highest BCUT2D eigenvalue weighted by atomic mass is 16.1. The van der Waals surface area contributed by atoms with Crippen molar-refractivity contribution >= 4 is 17.4 Å². The first-order valence-corrected chi connectivity index (χ1v) is 7.04. The predicted octanol–water partition coefficient (Wildman–Crippen LogP) is 2.51. The second-order valence-electron chi connectivity index (χ2n) is 4.59. The van der Waals surface area contributed by atoms with Crippen LogP contribution in [0.2, 0.25) is 0 Å². The van der Waals surface area contributed by atoms with Crippen LogP contribution < -0.4 is 10.6 Å². The standard InChI is InChI=1S/C15H19N5O/c1-3-5-12-6-11(7-14(19-12)18-4-2)15(21)20-13-8-16-10-17-9-13/h6-10H,3-5H2,1-2H3,(H,18,19)(H,20,21). The Morgan fingerprint density at radius 3 is 2.62 bits per heavy atom. The van der Waals surface area contributed by atoms with Crippen LogP contribution in [0.3, 0.4) is 0 Å². The normalized spacial score (nSPS) is 10.2. The highest BCUT2D eigenvalue weighted by molar-refractivity contribution is 6.04. The van der Waals surface area contributed by atoms with Crippen molar-refractivity contribution in [2.24, 2.45) is 0 Å². The van der Waals surface area contributed by atoms with Crippen LogP contribution in [-0.4, -0.2) is 27.4 Å². The molecule has 6 nitrogen and oxygen atoms in total. The quantitative estimate of drug-likeness (QED) is 0.852. The Kier molecular flexibility index (Phi) is 5.20. The molecule has 0 radical (unpaired) electrons. The SMILES string of the molecule is CCCc1cc(C(=O)Nc2cncnc2)cc(NCC)n1. The Labute approximate surface area is 124 Å². The van der Waals surface area contributed by atoms with Crippen molar-refractivity contribution in [2.45, 2.75) is 26.7 Å². The zero-order chi connectivity index (χ0) is 15.1. The van der Waals surface area contributed by atoms with Crippen molar-refractivity contribution in [1.82, 2.24) is 15.0 Å². The number of amides is 1. The molecule has 0 spiro atoms. The minimum Gasteiger partial charge on any atom is -0.370 e. The number of hydrogen-bond acceptors (Lipinski definition) is 5. The van der Waals surface area contributed by atoms with Crippen molar-refractivity contribution in [3.63, 3.8) is 0 Å². The van der Waals surface area contributed by atoms with E-state index in [1.165, 1.54) is 6.33 Å². The molecule has 0 fully saturated rings. The lowest BCUT2D eigenvalue weighted by Crippen LogP contribution is -2.14. The third kappa shape index (κ3) is 4.24. The van der Waals surface area contributed by atoms with Gasteiger partial charge in [0.15, 0.2) is 0 Å². The summed E-state index contributed by atoms with van der Waals surface area (Å²) in [7, 11) is 0. The van der Waals surface area contributed by atoms with Crippen LogP contribution in [0.25, 0.3) is 0 Å². The van der Waals surface area contributed by atoms with E-state index in [4.69, 9.17) is 0 Å². The van der Waals surface area contributed by atoms with E-state index in [9.17, 15) is 4.79 Å². The molecule has 0 aromatic carbocycles. The molecule has 6 heteroatoms. The topological polar surface area (TPSA) is 79.8 Å². The van der Waals surface area contributed by atoms with Crippen LogP contribution in [0, 0.1) is 0 Å². The molecule has 0 aliphatic rings. The summed E-state index contributed by atoms with van der Waals surface area (Å²) < 4.78 is 0. The monoisotopic (exact) mass is 285 g/mol.